The van der Waals surface area contributed by atoms with Crippen molar-refractivity contribution >= 4 is 14.1 Å². The number of benzene rings is 1. The molecular formula is C16H24BN2O3+. The molecule has 22 heavy (non-hydrogen) atoms. The number of hydrogen-bond donors (Lipinski definition) is 2. The predicted molar refractivity (Wildman–Crippen MR) is 85.7 cm³/mol. The number of nitrogens with zero attached hydrogens (tertiary/aromatic N) is 1. The Kier molecular flexibility index (Phi) is 4.15. The van der Waals surface area contributed by atoms with Crippen LogP contribution in [0.2, 0.25) is 0 Å². The van der Waals surface area contributed by atoms with Crippen molar-refractivity contribution in [3.8, 4) is 0 Å². The first kappa shape index (κ1) is 15.4. The van der Waals surface area contributed by atoms with Crippen LogP contribution in [-0.2, 0) is 11.3 Å². The van der Waals surface area contributed by atoms with Crippen molar-refractivity contribution in [3.63, 3.8) is 0 Å². The van der Waals surface area contributed by atoms with Crippen LogP contribution in [-0.4, -0.2) is 55.4 Å². The first-order chi connectivity index (χ1) is 10.5. The van der Waals surface area contributed by atoms with Crippen molar-refractivity contribution in [2.45, 2.75) is 25.0 Å². The molecule has 3 saturated heterocycles. The molecule has 1 aromatic carbocycles. The maximum atomic E-state index is 11.8. The second-order valence-electron chi connectivity index (χ2n) is 7.02. The number of carbonyl (C=O) groups excluding carboxylic acids is 1. The number of aliphatic hydroxyl groups is 1. The Labute approximate surface area is 132 Å². The van der Waals surface area contributed by atoms with Crippen LogP contribution in [0.1, 0.15) is 18.4 Å². The van der Waals surface area contributed by atoms with Gasteiger partial charge in [0.25, 0.3) is 0 Å². The van der Waals surface area contributed by atoms with Gasteiger partial charge in [-0.2, -0.15) is 0 Å². The molecule has 1 amide bonds. The van der Waals surface area contributed by atoms with Gasteiger partial charge in [-0.15, -0.1) is 0 Å². The van der Waals surface area contributed by atoms with Crippen molar-refractivity contribution in [3.05, 3.63) is 35.9 Å². The smallest absolute Gasteiger partial charge is 0.407 e. The molecule has 2 bridgehead atoms. The summed E-state index contributed by atoms with van der Waals surface area (Å²) in [6.07, 6.45) is 1.61. The highest BCUT2D eigenvalue weighted by Crippen LogP contribution is 2.38. The highest BCUT2D eigenvalue weighted by Gasteiger charge is 2.52. The quantitative estimate of drug-likeness (QED) is 0.793. The Balaban J connectivity index is 1.49. The van der Waals surface area contributed by atoms with E-state index in [-0.39, 0.29) is 13.2 Å². The van der Waals surface area contributed by atoms with Gasteiger partial charge in [0.05, 0.1) is 26.2 Å². The van der Waals surface area contributed by atoms with Crippen molar-refractivity contribution in [2.24, 2.45) is 5.92 Å². The summed E-state index contributed by atoms with van der Waals surface area (Å²) in [5, 5.41) is 13.6. The van der Waals surface area contributed by atoms with E-state index in [0.29, 0.717) is 5.92 Å². The first-order valence-electron chi connectivity index (χ1n) is 8.00. The van der Waals surface area contributed by atoms with Gasteiger partial charge in [0.15, 0.2) is 0 Å². The number of carbonyl (C=O) groups is 1. The molecule has 0 saturated carbocycles. The second kappa shape index (κ2) is 5.93. The first-order valence-corrected chi connectivity index (χ1v) is 8.00. The number of amides is 1. The molecular weight excluding hydrogens is 279 g/mol. The summed E-state index contributed by atoms with van der Waals surface area (Å²) >= 11 is 0. The minimum atomic E-state index is -0.795. The predicted octanol–water partition coefficient (Wildman–Crippen LogP) is 0.432. The van der Waals surface area contributed by atoms with Crippen LogP contribution < -0.4 is 5.32 Å². The third-order valence-corrected chi connectivity index (χ3v) is 5.20. The van der Waals surface area contributed by atoms with Crippen LogP contribution in [0.5, 0.6) is 0 Å². The molecule has 118 valence electrons. The van der Waals surface area contributed by atoms with Gasteiger partial charge >= 0.3 is 14.1 Å². The zero-order valence-electron chi connectivity index (χ0n) is 13.1. The molecule has 3 heterocycles. The van der Waals surface area contributed by atoms with Gasteiger partial charge in [-0.05, 0) is 5.56 Å². The molecule has 1 unspecified atom stereocenters. The fourth-order valence-electron chi connectivity index (χ4n) is 3.88. The summed E-state index contributed by atoms with van der Waals surface area (Å²) in [6.45, 7) is 3.51. The van der Waals surface area contributed by atoms with E-state index in [4.69, 9.17) is 4.74 Å². The van der Waals surface area contributed by atoms with E-state index in [1.165, 1.54) is 0 Å². The molecule has 5 nitrogen and oxygen atoms in total. The maximum absolute atomic E-state index is 11.8. The second-order valence-corrected chi connectivity index (χ2v) is 7.02. The highest BCUT2D eigenvalue weighted by molar-refractivity contribution is 5.97. The van der Waals surface area contributed by atoms with Crippen molar-refractivity contribution in [1.29, 1.82) is 0 Å². The van der Waals surface area contributed by atoms with Gasteiger partial charge in [0, 0.05) is 18.8 Å². The largest absolute Gasteiger partial charge is 0.445 e. The van der Waals surface area contributed by atoms with E-state index < -0.39 is 11.7 Å². The molecule has 0 aliphatic carbocycles. The summed E-state index contributed by atoms with van der Waals surface area (Å²) in [7, 11) is 2.19. The minimum absolute atomic E-state index is 0.252. The van der Waals surface area contributed by atoms with Crippen LogP contribution in [0.4, 0.5) is 4.79 Å². The number of nitrogens with one attached hydrogen (secondary N) is 1. The van der Waals surface area contributed by atoms with Gasteiger partial charge < -0.3 is 19.6 Å². The number of alkyl carbamates (subject to hydrolysis) is 1. The van der Waals surface area contributed by atoms with Crippen LogP contribution in [0, 0.1) is 5.92 Å². The van der Waals surface area contributed by atoms with Crippen LogP contribution in [0.3, 0.4) is 0 Å². The van der Waals surface area contributed by atoms with Crippen molar-refractivity contribution < 1.29 is 19.0 Å². The molecule has 0 radical (unpaired) electrons. The lowest BCUT2D eigenvalue weighted by Gasteiger charge is -2.55. The fourth-order valence-corrected chi connectivity index (χ4v) is 3.88. The fraction of sp³-hybridized carbons (Fsp3) is 0.562. The standard InChI is InChI=1S/C16H23BN2O3/c17-19-8-6-14(7-9-19)16(21,12-19)11-18-15(20)22-10-13-4-2-1-3-5-13/h1-5,14,21H,6-12,17H2/p+1. The summed E-state index contributed by atoms with van der Waals surface area (Å²) in [5.41, 5.74) is 0.161. The van der Waals surface area contributed by atoms with Crippen molar-refractivity contribution in [2.75, 3.05) is 26.2 Å². The normalized spacial score (nSPS) is 33.4. The average molecular weight is 303 g/mol. The van der Waals surface area contributed by atoms with Crippen LogP contribution >= 0.6 is 0 Å². The van der Waals surface area contributed by atoms with Crippen LogP contribution in [0.25, 0.3) is 0 Å². The number of hydrogen-bond acceptors (Lipinski definition) is 3. The molecule has 1 atom stereocenters. The number of quaternary nitrogens is 1. The number of rotatable bonds is 4. The Hall–Kier alpha value is -1.53. The molecule has 3 aliphatic rings. The average Bonchev–Trinajstić information content (AvgIpc) is 2.52. The number of fused-ring (bicyclic) bond motifs is 3. The molecule has 4 rings (SSSR count). The lowest BCUT2D eigenvalue weighted by molar-refractivity contribution is -0.846. The van der Waals surface area contributed by atoms with Gasteiger partial charge in [-0.3, -0.25) is 0 Å². The summed E-state index contributed by atoms with van der Waals surface area (Å²) in [4.78, 5) is 11.8. The van der Waals surface area contributed by atoms with E-state index in [9.17, 15) is 9.90 Å². The van der Waals surface area contributed by atoms with E-state index in [2.05, 4.69) is 13.3 Å². The lowest BCUT2D eigenvalue weighted by atomic mass is 9.72. The number of piperidine rings is 3. The van der Waals surface area contributed by atoms with Gasteiger partial charge in [-0.25, -0.2) is 4.79 Å². The Morgan fingerprint density at radius 2 is 2.05 bits per heavy atom. The van der Waals surface area contributed by atoms with Gasteiger partial charge in [-0.1, -0.05) is 30.3 Å². The molecule has 0 aromatic heterocycles. The van der Waals surface area contributed by atoms with Gasteiger partial charge in [0.2, 0.25) is 0 Å². The Morgan fingerprint density at radius 3 is 2.68 bits per heavy atom. The van der Waals surface area contributed by atoms with Gasteiger partial charge in [0.1, 0.15) is 12.2 Å². The third kappa shape index (κ3) is 3.28. The zero-order chi connectivity index (χ0) is 15.6. The summed E-state index contributed by atoms with van der Waals surface area (Å²) in [5.74, 6) is 0.293. The Morgan fingerprint density at radius 1 is 1.36 bits per heavy atom. The zero-order valence-corrected chi connectivity index (χ0v) is 13.1. The lowest BCUT2D eigenvalue weighted by Crippen LogP contribution is -2.70. The van der Waals surface area contributed by atoms with E-state index in [1.807, 2.05) is 30.3 Å². The highest BCUT2D eigenvalue weighted by atomic mass is 16.5. The molecule has 0 spiro atoms. The van der Waals surface area contributed by atoms with Crippen LogP contribution in [0.15, 0.2) is 30.3 Å². The van der Waals surface area contributed by atoms with Crippen molar-refractivity contribution in [1.82, 2.24) is 5.32 Å². The molecule has 3 fully saturated rings. The maximum Gasteiger partial charge on any atom is 0.407 e. The van der Waals surface area contributed by atoms with E-state index >= 15 is 0 Å². The summed E-state index contributed by atoms with van der Waals surface area (Å²) in [6, 6.07) is 9.59. The monoisotopic (exact) mass is 303 g/mol. The SMILES string of the molecule is B[N+]12CCC(CC1)C(O)(CNC(=O)OCc1ccccc1)C2. The van der Waals surface area contributed by atoms with E-state index in [0.717, 1.165) is 42.4 Å². The Bertz CT molecular complexity index is 531. The third-order valence-electron chi connectivity index (χ3n) is 5.20. The molecule has 1 aromatic rings. The molecule has 3 aliphatic heterocycles. The summed E-state index contributed by atoms with van der Waals surface area (Å²) < 4.78 is 6.11. The molecule has 2 N–H and O–H groups in total. The topological polar surface area (TPSA) is 58.6 Å². The number of ether oxygens (including phenoxy) is 1. The van der Waals surface area contributed by atoms with E-state index in [1.54, 1.807) is 0 Å². The minimum Gasteiger partial charge on any atom is -0.445 e. The molecule has 6 heteroatoms.